The number of amides is 1. The molecule has 3 nitrogen and oxygen atoms in total. The Balaban J connectivity index is 2.02. The Bertz CT molecular complexity index is 164. The lowest BCUT2D eigenvalue weighted by Crippen LogP contribution is -2.29. The number of hydrogen-bond donors (Lipinski definition) is 2. The molecular formula is C9H18N2O. The van der Waals surface area contributed by atoms with Crippen molar-refractivity contribution in [2.75, 3.05) is 13.1 Å². The van der Waals surface area contributed by atoms with Gasteiger partial charge < -0.3 is 11.1 Å². The fraction of sp³-hybridized carbons (Fsp3) is 0.889. The standard InChI is InChI=1S/C9H18N2O/c1-9(4-5-9)7-11-8(12)3-2-6-10/h2-7,10H2,1H3,(H,11,12). The Morgan fingerprint density at radius 1 is 1.58 bits per heavy atom. The van der Waals surface area contributed by atoms with E-state index in [1.165, 1.54) is 12.8 Å². The average Bonchev–Trinajstić information content (AvgIpc) is 2.77. The van der Waals surface area contributed by atoms with Crippen LogP contribution in [0.4, 0.5) is 0 Å². The maximum atomic E-state index is 11.1. The number of rotatable bonds is 5. The molecule has 0 spiro atoms. The first-order valence-corrected chi connectivity index (χ1v) is 4.63. The molecule has 1 aliphatic carbocycles. The van der Waals surface area contributed by atoms with E-state index in [0.717, 1.165) is 13.0 Å². The van der Waals surface area contributed by atoms with Crippen molar-refractivity contribution >= 4 is 5.91 Å². The SMILES string of the molecule is CC1(CNC(=O)CCCN)CC1. The third-order valence-corrected chi connectivity index (χ3v) is 2.42. The van der Waals surface area contributed by atoms with E-state index in [2.05, 4.69) is 12.2 Å². The highest BCUT2D eigenvalue weighted by Gasteiger charge is 2.37. The molecule has 1 rings (SSSR count). The zero-order valence-corrected chi connectivity index (χ0v) is 7.73. The first kappa shape index (κ1) is 9.52. The molecule has 0 aromatic carbocycles. The maximum absolute atomic E-state index is 11.1. The summed E-state index contributed by atoms with van der Waals surface area (Å²) in [6.45, 7) is 3.65. The van der Waals surface area contributed by atoms with Crippen molar-refractivity contribution in [3.63, 3.8) is 0 Å². The summed E-state index contributed by atoms with van der Waals surface area (Å²) in [7, 11) is 0. The minimum atomic E-state index is 0.147. The molecule has 3 N–H and O–H groups in total. The van der Waals surface area contributed by atoms with E-state index < -0.39 is 0 Å². The van der Waals surface area contributed by atoms with Crippen LogP contribution in [0.25, 0.3) is 0 Å². The Morgan fingerprint density at radius 2 is 2.25 bits per heavy atom. The van der Waals surface area contributed by atoms with Crippen molar-refractivity contribution < 1.29 is 4.79 Å². The zero-order chi connectivity index (χ0) is 9.03. The summed E-state index contributed by atoms with van der Waals surface area (Å²) in [6.07, 6.45) is 3.88. The van der Waals surface area contributed by atoms with E-state index in [1.807, 2.05) is 0 Å². The molecule has 0 bridgehead atoms. The van der Waals surface area contributed by atoms with E-state index in [-0.39, 0.29) is 5.91 Å². The Labute approximate surface area is 73.7 Å². The van der Waals surface area contributed by atoms with E-state index in [0.29, 0.717) is 18.4 Å². The molecule has 1 saturated carbocycles. The molecule has 0 saturated heterocycles. The van der Waals surface area contributed by atoms with Gasteiger partial charge >= 0.3 is 0 Å². The monoisotopic (exact) mass is 170 g/mol. The summed E-state index contributed by atoms with van der Waals surface area (Å²) >= 11 is 0. The van der Waals surface area contributed by atoms with E-state index in [4.69, 9.17) is 5.73 Å². The fourth-order valence-electron chi connectivity index (χ4n) is 1.05. The first-order valence-electron chi connectivity index (χ1n) is 4.63. The van der Waals surface area contributed by atoms with Gasteiger partial charge in [0.2, 0.25) is 5.91 Å². The quantitative estimate of drug-likeness (QED) is 0.636. The van der Waals surface area contributed by atoms with Crippen LogP contribution in [0.2, 0.25) is 0 Å². The van der Waals surface area contributed by atoms with E-state index in [9.17, 15) is 4.79 Å². The van der Waals surface area contributed by atoms with Gasteiger partial charge in [-0.2, -0.15) is 0 Å². The molecule has 3 heteroatoms. The van der Waals surface area contributed by atoms with Crippen molar-refractivity contribution in [3.05, 3.63) is 0 Å². The van der Waals surface area contributed by atoms with Gasteiger partial charge in [-0.1, -0.05) is 6.92 Å². The van der Waals surface area contributed by atoms with Gasteiger partial charge in [0.05, 0.1) is 0 Å². The Morgan fingerprint density at radius 3 is 2.75 bits per heavy atom. The lowest BCUT2D eigenvalue weighted by atomic mass is 10.1. The number of hydrogen-bond acceptors (Lipinski definition) is 2. The first-order chi connectivity index (χ1) is 5.66. The van der Waals surface area contributed by atoms with Crippen molar-refractivity contribution in [1.82, 2.24) is 5.32 Å². The van der Waals surface area contributed by atoms with Gasteiger partial charge in [0.1, 0.15) is 0 Å². The normalized spacial score (nSPS) is 18.8. The molecule has 1 fully saturated rings. The number of nitrogens with two attached hydrogens (primary N) is 1. The van der Waals surface area contributed by atoms with Gasteiger partial charge in [-0.25, -0.2) is 0 Å². The molecule has 0 aromatic rings. The van der Waals surface area contributed by atoms with Crippen LogP contribution in [0.3, 0.4) is 0 Å². The predicted molar refractivity (Wildman–Crippen MR) is 48.6 cm³/mol. The average molecular weight is 170 g/mol. The van der Waals surface area contributed by atoms with Gasteiger partial charge in [0.25, 0.3) is 0 Å². The largest absolute Gasteiger partial charge is 0.356 e. The van der Waals surface area contributed by atoms with E-state index >= 15 is 0 Å². The summed E-state index contributed by atoms with van der Waals surface area (Å²) in [6, 6.07) is 0. The maximum Gasteiger partial charge on any atom is 0.220 e. The second kappa shape index (κ2) is 3.90. The van der Waals surface area contributed by atoms with Crippen LogP contribution in [-0.2, 0) is 4.79 Å². The topological polar surface area (TPSA) is 55.1 Å². The minimum Gasteiger partial charge on any atom is -0.356 e. The molecule has 0 radical (unpaired) electrons. The Hall–Kier alpha value is -0.570. The van der Waals surface area contributed by atoms with Gasteiger partial charge in [-0.05, 0) is 31.2 Å². The molecule has 0 aromatic heterocycles. The molecule has 1 aliphatic rings. The van der Waals surface area contributed by atoms with E-state index in [1.54, 1.807) is 0 Å². The summed E-state index contributed by atoms with van der Waals surface area (Å²) in [5.41, 5.74) is 5.71. The number of carbonyl (C=O) groups is 1. The summed E-state index contributed by atoms with van der Waals surface area (Å²) in [5, 5.41) is 2.93. The Kier molecular flexibility index (Phi) is 3.09. The predicted octanol–water partition coefficient (Wildman–Crippen LogP) is 0.642. The van der Waals surface area contributed by atoms with Gasteiger partial charge in [-0.3, -0.25) is 4.79 Å². The van der Waals surface area contributed by atoms with Crippen LogP contribution in [0.1, 0.15) is 32.6 Å². The highest BCUT2D eigenvalue weighted by Crippen LogP contribution is 2.43. The van der Waals surface area contributed by atoms with Gasteiger partial charge in [-0.15, -0.1) is 0 Å². The van der Waals surface area contributed by atoms with Crippen LogP contribution in [-0.4, -0.2) is 19.0 Å². The van der Waals surface area contributed by atoms with Crippen molar-refractivity contribution in [2.24, 2.45) is 11.1 Å². The minimum absolute atomic E-state index is 0.147. The van der Waals surface area contributed by atoms with Crippen molar-refractivity contribution in [1.29, 1.82) is 0 Å². The van der Waals surface area contributed by atoms with Crippen LogP contribution in [0.15, 0.2) is 0 Å². The summed E-state index contributed by atoms with van der Waals surface area (Å²) < 4.78 is 0. The van der Waals surface area contributed by atoms with Crippen LogP contribution in [0.5, 0.6) is 0 Å². The number of carbonyl (C=O) groups excluding carboxylic acids is 1. The van der Waals surface area contributed by atoms with Crippen LogP contribution in [0, 0.1) is 5.41 Å². The highest BCUT2D eigenvalue weighted by molar-refractivity contribution is 5.75. The second-order valence-electron chi connectivity index (χ2n) is 3.98. The highest BCUT2D eigenvalue weighted by atomic mass is 16.1. The molecule has 12 heavy (non-hydrogen) atoms. The third kappa shape index (κ3) is 3.22. The lowest BCUT2D eigenvalue weighted by molar-refractivity contribution is -0.121. The number of nitrogens with one attached hydrogen (secondary N) is 1. The molecule has 1 amide bonds. The lowest BCUT2D eigenvalue weighted by Gasteiger charge is -2.09. The summed E-state index contributed by atoms with van der Waals surface area (Å²) in [5.74, 6) is 0.147. The van der Waals surface area contributed by atoms with Crippen molar-refractivity contribution in [2.45, 2.75) is 32.6 Å². The second-order valence-corrected chi connectivity index (χ2v) is 3.98. The van der Waals surface area contributed by atoms with Crippen LogP contribution < -0.4 is 11.1 Å². The molecule has 70 valence electrons. The fourth-order valence-corrected chi connectivity index (χ4v) is 1.05. The smallest absolute Gasteiger partial charge is 0.220 e. The van der Waals surface area contributed by atoms with Gasteiger partial charge in [0, 0.05) is 13.0 Å². The molecule has 0 heterocycles. The summed E-state index contributed by atoms with van der Waals surface area (Å²) in [4.78, 5) is 11.1. The molecular weight excluding hydrogens is 152 g/mol. The van der Waals surface area contributed by atoms with Gasteiger partial charge in [0.15, 0.2) is 0 Å². The third-order valence-electron chi connectivity index (χ3n) is 2.42. The van der Waals surface area contributed by atoms with Crippen LogP contribution >= 0.6 is 0 Å². The zero-order valence-electron chi connectivity index (χ0n) is 7.73. The van der Waals surface area contributed by atoms with Crippen molar-refractivity contribution in [3.8, 4) is 0 Å². The molecule has 0 atom stereocenters. The molecule has 0 unspecified atom stereocenters. The molecule has 0 aliphatic heterocycles.